The van der Waals surface area contributed by atoms with Crippen LogP contribution in [0.5, 0.6) is 0 Å². The predicted octanol–water partition coefficient (Wildman–Crippen LogP) is 3.98. The van der Waals surface area contributed by atoms with Crippen LogP contribution in [0.2, 0.25) is 5.15 Å². The number of carbonyl (C=O) groups is 2. The van der Waals surface area contributed by atoms with E-state index < -0.39 is 17.6 Å². The average Bonchev–Trinajstić information content (AvgIpc) is 3.58. The molecule has 1 fully saturated rings. The fourth-order valence-corrected chi connectivity index (χ4v) is 5.50. The SMILES string of the molecule is Cc1[nH]c(/C=C2\C(=O)N(Cc3cc(C(F)(F)F)ccn3)c3nc(N)nc(Cl)c32)c(C)c1C(=O)NCCN1CCCC1. The summed E-state index contributed by atoms with van der Waals surface area (Å²) >= 11 is 6.40. The number of alkyl halides is 3. The number of aromatic nitrogens is 4. The highest BCUT2D eigenvalue weighted by molar-refractivity contribution is 6.41. The average molecular weight is 589 g/mol. The highest BCUT2D eigenvalue weighted by Crippen LogP contribution is 2.42. The van der Waals surface area contributed by atoms with Gasteiger partial charge >= 0.3 is 6.18 Å². The molecule has 0 radical (unpaired) electrons. The number of hydrogen-bond acceptors (Lipinski definition) is 7. The van der Waals surface area contributed by atoms with Gasteiger partial charge in [-0.05, 0) is 63.6 Å². The van der Waals surface area contributed by atoms with Gasteiger partial charge in [0.2, 0.25) is 5.95 Å². The van der Waals surface area contributed by atoms with Crippen molar-refractivity contribution in [3.8, 4) is 0 Å². The number of nitrogens with two attached hydrogens (primary N) is 1. The van der Waals surface area contributed by atoms with Crippen molar-refractivity contribution < 1.29 is 22.8 Å². The molecule has 0 unspecified atom stereocenters. The number of H-pyrrole nitrogens is 1. The van der Waals surface area contributed by atoms with Gasteiger partial charge in [-0.1, -0.05) is 11.6 Å². The standard InChI is InChI=1S/C27H28ClF3N8O2/c1-14-19(35-15(2)20(14)24(40)34-7-10-38-8-3-4-9-38)12-18-21-22(28)36-26(32)37-23(21)39(25(18)41)13-17-11-16(5-6-33-17)27(29,30)31/h5-6,11-12,35H,3-4,7-10,13H2,1-2H3,(H,34,40)(H2,32,36,37)/b18-12-. The van der Waals surface area contributed by atoms with Gasteiger partial charge in [0, 0.05) is 30.7 Å². The quantitative estimate of drug-likeness (QED) is 0.281. The molecule has 5 rings (SSSR count). The summed E-state index contributed by atoms with van der Waals surface area (Å²) in [6.07, 6.45) is 0.321. The van der Waals surface area contributed by atoms with Crippen molar-refractivity contribution in [1.29, 1.82) is 0 Å². The molecule has 0 aliphatic carbocycles. The van der Waals surface area contributed by atoms with E-state index in [1.807, 2.05) is 0 Å². The van der Waals surface area contributed by atoms with Gasteiger partial charge in [0.05, 0.1) is 34.5 Å². The van der Waals surface area contributed by atoms with Crippen molar-refractivity contribution in [2.45, 2.75) is 39.4 Å². The number of aromatic amines is 1. The summed E-state index contributed by atoms with van der Waals surface area (Å²) in [5.74, 6) is -0.961. The van der Waals surface area contributed by atoms with Gasteiger partial charge in [-0.15, -0.1) is 0 Å². The van der Waals surface area contributed by atoms with Crippen molar-refractivity contribution in [2.75, 3.05) is 36.8 Å². The Kier molecular flexibility index (Phi) is 7.75. The number of amides is 2. The van der Waals surface area contributed by atoms with Crippen molar-refractivity contribution in [3.63, 3.8) is 0 Å². The van der Waals surface area contributed by atoms with Gasteiger partial charge in [-0.2, -0.15) is 18.2 Å². The molecule has 2 amide bonds. The van der Waals surface area contributed by atoms with Crippen LogP contribution < -0.4 is 16.0 Å². The number of anilines is 2. The molecule has 1 saturated heterocycles. The number of pyridine rings is 1. The maximum absolute atomic E-state index is 13.7. The first-order valence-corrected chi connectivity index (χ1v) is 13.4. The maximum atomic E-state index is 13.7. The molecule has 41 heavy (non-hydrogen) atoms. The largest absolute Gasteiger partial charge is 0.416 e. The van der Waals surface area contributed by atoms with E-state index in [0.717, 1.165) is 42.9 Å². The van der Waals surface area contributed by atoms with Crippen LogP contribution in [-0.2, 0) is 17.5 Å². The molecule has 0 bridgehead atoms. The fraction of sp³-hybridized carbons (Fsp3) is 0.370. The van der Waals surface area contributed by atoms with E-state index in [1.54, 1.807) is 13.8 Å². The zero-order valence-corrected chi connectivity index (χ0v) is 23.2. The van der Waals surface area contributed by atoms with Crippen LogP contribution in [0.15, 0.2) is 18.3 Å². The van der Waals surface area contributed by atoms with E-state index >= 15 is 0 Å². The van der Waals surface area contributed by atoms with E-state index in [4.69, 9.17) is 17.3 Å². The lowest BCUT2D eigenvalue weighted by molar-refractivity contribution is -0.137. The minimum Gasteiger partial charge on any atom is -0.368 e. The second-order valence-corrected chi connectivity index (χ2v) is 10.4. The molecule has 4 N–H and O–H groups in total. The molecule has 216 valence electrons. The van der Waals surface area contributed by atoms with Crippen LogP contribution >= 0.6 is 11.6 Å². The zero-order chi connectivity index (χ0) is 29.5. The van der Waals surface area contributed by atoms with Gasteiger partial charge in [-0.25, -0.2) is 4.98 Å². The molecule has 0 saturated carbocycles. The first-order chi connectivity index (χ1) is 19.4. The van der Waals surface area contributed by atoms with E-state index in [-0.39, 0.29) is 46.2 Å². The lowest BCUT2D eigenvalue weighted by Crippen LogP contribution is -2.33. The second kappa shape index (κ2) is 11.1. The van der Waals surface area contributed by atoms with Crippen LogP contribution in [0.4, 0.5) is 24.9 Å². The zero-order valence-electron chi connectivity index (χ0n) is 22.4. The highest BCUT2D eigenvalue weighted by atomic mass is 35.5. The highest BCUT2D eigenvalue weighted by Gasteiger charge is 2.38. The van der Waals surface area contributed by atoms with Crippen LogP contribution in [-0.4, -0.2) is 62.8 Å². The molecular formula is C27H28ClF3N8O2. The Morgan fingerprint density at radius 1 is 1.24 bits per heavy atom. The molecule has 2 aliphatic heterocycles. The Labute approximate surface area is 238 Å². The number of aryl methyl sites for hydroxylation is 1. The molecule has 2 aliphatic rings. The van der Waals surface area contributed by atoms with Gasteiger partial charge in [0.15, 0.2) is 5.82 Å². The Morgan fingerprint density at radius 2 is 1.98 bits per heavy atom. The van der Waals surface area contributed by atoms with Crippen LogP contribution in [0.25, 0.3) is 11.6 Å². The van der Waals surface area contributed by atoms with Crippen LogP contribution in [0.3, 0.4) is 0 Å². The first kappa shape index (κ1) is 28.6. The number of nitrogen functional groups attached to an aromatic ring is 1. The van der Waals surface area contributed by atoms with Crippen molar-refractivity contribution in [1.82, 2.24) is 30.2 Å². The van der Waals surface area contributed by atoms with E-state index in [9.17, 15) is 22.8 Å². The Bertz CT molecular complexity index is 1550. The Hall–Kier alpha value is -3.97. The number of fused-ring (bicyclic) bond motifs is 1. The lowest BCUT2D eigenvalue weighted by atomic mass is 10.1. The minimum absolute atomic E-state index is 0.00605. The number of nitrogens with one attached hydrogen (secondary N) is 2. The summed E-state index contributed by atoms with van der Waals surface area (Å²) in [5.41, 5.74) is 7.36. The van der Waals surface area contributed by atoms with Crippen molar-refractivity contribution in [2.24, 2.45) is 0 Å². The number of hydrogen-bond donors (Lipinski definition) is 3. The van der Waals surface area contributed by atoms with E-state index in [1.165, 1.54) is 18.9 Å². The third-order valence-electron chi connectivity index (χ3n) is 7.23. The summed E-state index contributed by atoms with van der Waals surface area (Å²) in [4.78, 5) is 45.4. The molecule has 14 heteroatoms. The Morgan fingerprint density at radius 3 is 2.68 bits per heavy atom. The molecule has 0 spiro atoms. The third-order valence-corrected chi connectivity index (χ3v) is 7.51. The second-order valence-electron chi connectivity index (χ2n) is 10.0. The first-order valence-electron chi connectivity index (χ1n) is 13.0. The molecule has 3 aromatic heterocycles. The monoisotopic (exact) mass is 588 g/mol. The van der Waals surface area contributed by atoms with E-state index in [0.29, 0.717) is 29.1 Å². The van der Waals surface area contributed by atoms with E-state index in [2.05, 4.69) is 30.2 Å². The smallest absolute Gasteiger partial charge is 0.368 e. The number of carbonyl (C=O) groups excluding carboxylic acids is 2. The summed E-state index contributed by atoms with van der Waals surface area (Å²) in [6.45, 7) is 6.56. The molecule has 0 atom stereocenters. The summed E-state index contributed by atoms with van der Waals surface area (Å²) < 4.78 is 39.8. The molecule has 0 aromatic carbocycles. The molecule has 3 aromatic rings. The lowest BCUT2D eigenvalue weighted by Gasteiger charge is -2.16. The Balaban J connectivity index is 1.45. The topological polar surface area (TPSA) is 133 Å². The number of halogens is 4. The number of rotatable bonds is 7. The van der Waals surface area contributed by atoms with Crippen LogP contribution in [0.1, 0.15) is 57.0 Å². The maximum Gasteiger partial charge on any atom is 0.416 e. The number of likely N-dealkylation sites (tertiary alicyclic amines) is 1. The van der Waals surface area contributed by atoms with Gasteiger partial charge in [0.1, 0.15) is 5.15 Å². The van der Waals surface area contributed by atoms with Gasteiger partial charge in [-0.3, -0.25) is 19.5 Å². The summed E-state index contributed by atoms with van der Waals surface area (Å²) in [5, 5.41) is 2.87. The summed E-state index contributed by atoms with van der Waals surface area (Å²) in [6, 6.07) is 1.72. The van der Waals surface area contributed by atoms with Crippen molar-refractivity contribution in [3.05, 3.63) is 62.8 Å². The van der Waals surface area contributed by atoms with Gasteiger partial charge in [0.25, 0.3) is 11.8 Å². The minimum atomic E-state index is -4.58. The fourth-order valence-electron chi connectivity index (χ4n) is 5.22. The molecule has 5 heterocycles. The predicted molar refractivity (Wildman–Crippen MR) is 148 cm³/mol. The van der Waals surface area contributed by atoms with Crippen LogP contribution in [0, 0.1) is 13.8 Å². The third kappa shape index (κ3) is 5.77. The summed E-state index contributed by atoms with van der Waals surface area (Å²) in [7, 11) is 0. The van der Waals surface area contributed by atoms with Gasteiger partial charge < -0.3 is 20.9 Å². The number of nitrogens with zero attached hydrogens (tertiary/aromatic N) is 5. The normalized spacial score (nSPS) is 16.6. The molecule has 10 nitrogen and oxygen atoms in total. The van der Waals surface area contributed by atoms with Crippen molar-refractivity contribution >= 4 is 46.8 Å². The molecular weight excluding hydrogens is 561 g/mol.